The van der Waals surface area contributed by atoms with Crippen LogP contribution in [-0.2, 0) is 16.6 Å². The first kappa shape index (κ1) is 20.3. The van der Waals surface area contributed by atoms with Gasteiger partial charge in [0.1, 0.15) is 12.4 Å². The summed E-state index contributed by atoms with van der Waals surface area (Å²) in [5.74, 6) is 0.599. The standard InChI is InChI=1S/C18H22N2O4S2/c1-2-3-9-20-16-10-13(18(21)25)11-17(26(19,22)23)15(16)12-24-14-7-5-4-6-8-14/h4-8,10-11,20H,2-3,9,12H2,1H3,(H,21,25)(H2,19,22,23). The zero-order valence-corrected chi connectivity index (χ0v) is 16.1. The van der Waals surface area contributed by atoms with Crippen LogP contribution in [0.5, 0.6) is 5.75 Å². The third-order valence-corrected chi connectivity index (χ3v) is 4.97. The van der Waals surface area contributed by atoms with E-state index in [1.54, 1.807) is 18.2 Å². The van der Waals surface area contributed by atoms with Crippen molar-refractivity contribution in [2.45, 2.75) is 31.3 Å². The largest absolute Gasteiger partial charge is 0.489 e. The number of thiol groups is 1. The molecular formula is C18H22N2O4S2. The van der Waals surface area contributed by atoms with E-state index in [-0.39, 0.29) is 17.1 Å². The maximum absolute atomic E-state index is 12.1. The van der Waals surface area contributed by atoms with Gasteiger partial charge in [-0.25, -0.2) is 13.6 Å². The van der Waals surface area contributed by atoms with Crippen LogP contribution in [0.2, 0.25) is 0 Å². The third-order valence-electron chi connectivity index (χ3n) is 3.73. The topological polar surface area (TPSA) is 98.5 Å². The Balaban J connectivity index is 2.47. The van der Waals surface area contributed by atoms with Gasteiger partial charge in [-0.3, -0.25) is 4.79 Å². The van der Waals surface area contributed by atoms with Gasteiger partial charge in [-0.05, 0) is 30.7 Å². The average molecular weight is 395 g/mol. The Morgan fingerprint density at radius 2 is 1.92 bits per heavy atom. The van der Waals surface area contributed by atoms with Crippen molar-refractivity contribution in [2.24, 2.45) is 5.14 Å². The minimum absolute atomic E-state index is 0.00865. The van der Waals surface area contributed by atoms with E-state index < -0.39 is 15.1 Å². The number of hydrogen-bond donors (Lipinski definition) is 3. The fourth-order valence-electron chi connectivity index (χ4n) is 2.40. The Morgan fingerprint density at radius 1 is 1.23 bits per heavy atom. The van der Waals surface area contributed by atoms with Crippen LogP contribution in [0.3, 0.4) is 0 Å². The van der Waals surface area contributed by atoms with Crippen molar-refractivity contribution in [3.05, 3.63) is 53.6 Å². The van der Waals surface area contributed by atoms with E-state index in [0.717, 1.165) is 12.8 Å². The van der Waals surface area contributed by atoms with Crippen molar-refractivity contribution < 1.29 is 17.9 Å². The number of nitrogens with two attached hydrogens (primary N) is 1. The predicted octanol–water partition coefficient (Wildman–Crippen LogP) is 3.20. The first-order valence-electron chi connectivity index (χ1n) is 8.17. The van der Waals surface area contributed by atoms with Crippen LogP contribution in [0.25, 0.3) is 0 Å². The van der Waals surface area contributed by atoms with Gasteiger partial charge in [-0.2, -0.15) is 0 Å². The summed E-state index contributed by atoms with van der Waals surface area (Å²) in [6.07, 6.45) is 1.86. The molecule has 0 fully saturated rings. The van der Waals surface area contributed by atoms with Gasteiger partial charge in [0.15, 0.2) is 0 Å². The SMILES string of the molecule is CCCCNc1cc(C(=O)S)cc(S(N)(=O)=O)c1COc1ccccc1. The van der Waals surface area contributed by atoms with Crippen LogP contribution in [0, 0.1) is 0 Å². The lowest BCUT2D eigenvalue weighted by Gasteiger charge is -2.17. The Morgan fingerprint density at radius 3 is 2.50 bits per heavy atom. The number of ether oxygens (including phenoxy) is 1. The van der Waals surface area contributed by atoms with Gasteiger partial charge >= 0.3 is 0 Å². The molecule has 0 radical (unpaired) electrons. The molecule has 2 aromatic rings. The van der Waals surface area contributed by atoms with Gasteiger partial charge in [0.25, 0.3) is 0 Å². The lowest BCUT2D eigenvalue weighted by molar-refractivity contribution is 0.109. The lowest BCUT2D eigenvalue weighted by Crippen LogP contribution is -2.18. The van der Waals surface area contributed by atoms with Crippen LogP contribution < -0.4 is 15.2 Å². The van der Waals surface area contributed by atoms with Gasteiger partial charge in [0.2, 0.25) is 15.1 Å². The third kappa shape index (κ3) is 5.48. The van der Waals surface area contributed by atoms with Crippen molar-refractivity contribution >= 4 is 33.5 Å². The molecule has 0 bridgehead atoms. The van der Waals surface area contributed by atoms with E-state index in [1.165, 1.54) is 6.07 Å². The van der Waals surface area contributed by atoms with Crippen LogP contribution >= 0.6 is 12.6 Å². The highest BCUT2D eigenvalue weighted by Gasteiger charge is 2.21. The summed E-state index contributed by atoms with van der Waals surface area (Å²) >= 11 is 3.80. The number of sulfonamides is 1. The van der Waals surface area contributed by atoms with Gasteiger partial charge in [-0.15, -0.1) is 12.6 Å². The van der Waals surface area contributed by atoms with E-state index >= 15 is 0 Å². The number of nitrogens with one attached hydrogen (secondary N) is 1. The summed E-state index contributed by atoms with van der Waals surface area (Å²) in [5.41, 5.74) is 1.03. The molecule has 3 N–H and O–H groups in total. The molecule has 6 nitrogen and oxygen atoms in total. The van der Waals surface area contributed by atoms with Gasteiger partial charge in [-0.1, -0.05) is 31.5 Å². The molecule has 8 heteroatoms. The highest BCUT2D eigenvalue weighted by molar-refractivity contribution is 7.97. The predicted molar refractivity (Wildman–Crippen MR) is 105 cm³/mol. The number of primary sulfonamides is 1. The summed E-state index contributed by atoms with van der Waals surface area (Å²) in [6, 6.07) is 11.8. The minimum Gasteiger partial charge on any atom is -0.489 e. The summed E-state index contributed by atoms with van der Waals surface area (Å²) in [4.78, 5) is 11.5. The Hall–Kier alpha value is -2.03. The lowest BCUT2D eigenvalue weighted by atomic mass is 10.1. The van der Waals surface area contributed by atoms with Crippen LogP contribution in [0.1, 0.15) is 35.7 Å². The normalized spacial score (nSPS) is 11.2. The van der Waals surface area contributed by atoms with Crippen LogP contribution in [-0.4, -0.2) is 20.1 Å². The number of rotatable bonds is 9. The molecule has 140 valence electrons. The zero-order chi connectivity index (χ0) is 19.2. The summed E-state index contributed by atoms with van der Waals surface area (Å²) in [7, 11) is -4.05. The summed E-state index contributed by atoms with van der Waals surface area (Å²) in [6.45, 7) is 2.67. The Bertz CT molecular complexity index is 868. The van der Waals surface area contributed by atoms with Crippen LogP contribution in [0.4, 0.5) is 5.69 Å². The van der Waals surface area contributed by atoms with Crippen LogP contribution in [0.15, 0.2) is 47.4 Å². The molecule has 0 atom stereocenters. The van der Waals surface area contributed by atoms with E-state index in [1.807, 2.05) is 25.1 Å². The molecule has 0 aliphatic heterocycles. The molecule has 26 heavy (non-hydrogen) atoms. The first-order chi connectivity index (χ1) is 12.3. The van der Waals surface area contributed by atoms with E-state index in [2.05, 4.69) is 17.9 Å². The second-order valence-corrected chi connectivity index (χ2v) is 7.67. The maximum atomic E-state index is 12.1. The number of carbonyl (C=O) groups excluding carboxylic acids is 1. The van der Waals surface area contributed by atoms with E-state index in [4.69, 9.17) is 9.88 Å². The second kappa shape index (κ2) is 9.07. The molecule has 0 saturated carbocycles. The molecule has 0 saturated heterocycles. The Kier molecular flexibility index (Phi) is 7.07. The summed E-state index contributed by atoms with van der Waals surface area (Å²) in [5, 5.41) is 8.01. The van der Waals surface area contributed by atoms with Gasteiger partial charge in [0, 0.05) is 23.4 Å². The number of hydrogen-bond acceptors (Lipinski definition) is 5. The minimum atomic E-state index is -4.05. The average Bonchev–Trinajstić information content (AvgIpc) is 2.60. The molecule has 0 unspecified atom stereocenters. The Labute approximate surface area is 159 Å². The number of benzene rings is 2. The fourth-order valence-corrected chi connectivity index (χ4v) is 3.33. The van der Waals surface area contributed by atoms with E-state index in [9.17, 15) is 13.2 Å². The second-order valence-electron chi connectivity index (χ2n) is 5.73. The molecular weight excluding hydrogens is 372 g/mol. The molecule has 0 aliphatic rings. The molecule has 2 aromatic carbocycles. The molecule has 0 aliphatic carbocycles. The molecule has 0 spiro atoms. The maximum Gasteiger partial charge on any atom is 0.238 e. The van der Waals surface area contributed by atoms with Crippen molar-refractivity contribution in [1.29, 1.82) is 0 Å². The monoisotopic (exact) mass is 394 g/mol. The zero-order valence-electron chi connectivity index (χ0n) is 14.4. The van der Waals surface area contributed by atoms with E-state index in [0.29, 0.717) is 23.5 Å². The van der Waals surface area contributed by atoms with Gasteiger partial charge < -0.3 is 10.1 Å². The number of anilines is 1. The quantitative estimate of drug-likeness (QED) is 0.448. The van der Waals surface area contributed by atoms with Gasteiger partial charge in [0.05, 0.1) is 4.90 Å². The number of unbranched alkanes of at least 4 members (excludes halogenated alkanes) is 1. The molecule has 0 aromatic heterocycles. The van der Waals surface area contributed by atoms with Crippen molar-refractivity contribution in [3.8, 4) is 5.75 Å². The van der Waals surface area contributed by atoms with Crippen molar-refractivity contribution in [3.63, 3.8) is 0 Å². The first-order valence-corrected chi connectivity index (χ1v) is 10.2. The highest BCUT2D eigenvalue weighted by atomic mass is 32.2. The summed E-state index contributed by atoms with van der Waals surface area (Å²) < 4.78 is 29.9. The molecule has 0 amide bonds. The number of carbonyl (C=O) groups is 1. The fraction of sp³-hybridized carbons (Fsp3) is 0.278. The highest BCUT2D eigenvalue weighted by Crippen LogP contribution is 2.28. The molecule has 2 rings (SSSR count). The smallest absolute Gasteiger partial charge is 0.238 e. The number of para-hydroxylation sites is 1. The van der Waals surface area contributed by atoms with Crippen molar-refractivity contribution in [1.82, 2.24) is 0 Å². The molecule has 0 heterocycles. The van der Waals surface area contributed by atoms with Crippen molar-refractivity contribution in [2.75, 3.05) is 11.9 Å².